The van der Waals surface area contributed by atoms with Crippen LogP contribution in [0.1, 0.15) is 22.2 Å². The van der Waals surface area contributed by atoms with E-state index < -0.39 is 5.97 Å². The summed E-state index contributed by atoms with van der Waals surface area (Å²) >= 11 is 4.92. The Morgan fingerprint density at radius 1 is 1.56 bits per heavy atom. The molecule has 98 valence electrons. The summed E-state index contributed by atoms with van der Waals surface area (Å²) in [4.78, 5) is 25.8. The monoisotopic (exact) mass is 331 g/mol. The molecule has 0 aliphatic carbocycles. The van der Waals surface area contributed by atoms with Crippen LogP contribution in [0, 0.1) is 18.8 Å². The van der Waals surface area contributed by atoms with Crippen molar-refractivity contribution in [3.63, 3.8) is 0 Å². The third-order valence-electron chi connectivity index (χ3n) is 3.33. The zero-order valence-corrected chi connectivity index (χ0v) is 12.5. The molecule has 0 bridgehead atoms. The highest BCUT2D eigenvalue weighted by Crippen LogP contribution is 2.32. The molecule has 6 heteroatoms. The van der Waals surface area contributed by atoms with Crippen molar-refractivity contribution in [1.82, 2.24) is 4.90 Å². The van der Waals surface area contributed by atoms with Gasteiger partial charge in [0.2, 0.25) is 0 Å². The Hall–Kier alpha value is -0.880. The molecule has 1 aliphatic rings. The molecule has 1 aromatic heterocycles. The molecule has 1 N–H and O–H groups in total. The number of aryl methyl sites for hydroxylation is 1. The summed E-state index contributed by atoms with van der Waals surface area (Å²) in [5, 5.41) is 8.90. The summed E-state index contributed by atoms with van der Waals surface area (Å²) in [5.74, 6) is -1.12. The van der Waals surface area contributed by atoms with E-state index in [1.807, 2.05) is 13.0 Å². The van der Waals surface area contributed by atoms with Gasteiger partial charge >= 0.3 is 5.97 Å². The minimum Gasteiger partial charge on any atom is -0.481 e. The van der Waals surface area contributed by atoms with E-state index in [2.05, 4.69) is 15.9 Å². The number of aliphatic carboxylic acids is 1. The lowest BCUT2D eigenvalue weighted by Gasteiger charge is -2.41. The van der Waals surface area contributed by atoms with Gasteiger partial charge in [0, 0.05) is 23.9 Å². The van der Waals surface area contributed by atoms with E-state index in [0.717, 1.165) is 8.66 Å². The number of thiophene rings is 1. The van der Waals surface area contributed by atoms with Crippen LogP contribution >= 0.6 is 27.3 Å². The maximum absolute atomic E-state index is 12.2. The molecule has 4 nitrogen and oxygen atoms in total. The maximum Gasteiger partial charge on any atom is 0.306 e. The quantitative estimate of drug-likeness (QED) is 0.926. The number of likely N-dealkylation sites (tertiary alicyclic amines) is 1. The molecule has 0 aromatic carbocycles. The minimum atomic E-state index is -0.792. The van der Waals surface area contributed by atoms with E-state index in [0.29, 0.717) is 18.7 Å². The number of hydrogen-bond acceptors (Lipinski definition) is 3. The highest BCUT2D eigenvalue weighted by Gasteiger charge is 2.38. The average molecular weight is 332 g/mol. The Bertz CT molecular complexity index is 494. The van der Waals surface area contributed by atoms with Gasteiger partial charge in [-0.25, -0.2) is 0 Å². The van der Waals surface area contributed by atoms with Gasteiger partial charge in [0.05, 0.1) is 15.3 Å². The van der Waals surface area contributed by atoms with Gasteiger partial charge in [0.15, 0.2) is 0 Å². The average Bonchev–Trinajstić information content (AvgIpc) is 2.55. The van der Waals surface area contributed by atoms with Crippen molar-refractivity contribution >= 4 is 39.1 Å². The molecule has 1 aromatic rings. The van der Waals surface area contributed by atoms with Gasteiger partial charge in [-0.15, -0.1) is 11.3 Å². The van der Waals surface area contributed by atoms with Crippen LogP contribution in [0.3, 0.4) is 0 Å². The van der Waals surface area contributed by atoms with Gasteiger partial charge in [0.1, 0.15) is 0 Å². The number of carbonyl (C=O) groups is 2. The number of carboxylic acid groups (broad SMARTS) is 1. The smallest absolute Gasteiger partial charge is 0.306 e. The molecule has 0 saturated carbocycles. The fraction of sp³-hybridized carbons (Fsp3) is 0.500. The Morgan fingerprint density at radius 3 is 2.61 bits per heavy atom. The lowest BCUT2D eigenvalue weighted by Crippen LogP contribution is -2.53. The summed E-state index contributed by atoms with van der Waals surface area (Å²) in [6.07, 6.45) is 0. The van der Waals surface area contributed by atoms with Crippen molar-refractivity contribution < 1.29 is 14.7 Å². The SMILES string of the molecule is Cc1cc(C(=O)N2CC(C(C)C(=O)O)C2)c(Br)s1. The molecular formula is C12H14BrNO3S. The molecule has 2 rings (SSSR count). The topological polar surface area (TPSA) is 57.6 Å². The normalized spacial score (nSPS) is 17.4. The zero-order valence-electron chi connectivity index (χ0n) is 10.1. The first-order valence-electron chi connectivity index (χ1n) is 5.68. The molecule has 1 amide bonds. The van der Waals surface area contributed by atoms with Crippen molar-refractivity contribution in [3.05, 3.63) is 20.3 Å². The second-order valence-electron chi connectivity index (χ2n) is 4.64. The molecule has 1 fully saturated rings. The Kier molecular flexibility index (Phi) is 3.77. The van der Waals surface area contributed by atoms with Gasteiger partial charge in [-0.05, 0) is 28.9 Å². The van der Waals surface area contributed by atoms with E-state index in [-0.39, 0.29) is 17.7 Å². The predicted molar refractivity (Wildman–Crippen MR) is 72.9 cm³/mol. The second-order valence-corrected chi connectivity index (χ2v) is 7.22. The minimum absolute atomic E-state index is 0.0138. The van der Waals surface area contributed by atoms with Crippen LogP contribution < -0.4 is 0 Å². The van der Waals surface area contributed by atoms with Crippen LogP contribution in [0.4, 0.5) is 0 Å². The Morgan fingerprint density at radius 2 is 2.17 bits per heavy atom. The standard InChI is InChI=1S/C12H14BrNO3S/c1-6-3-9(10(13)18-6)11(15)14-4-8(5-14)7(2)12(16)17/h3,7-8H,4-5H2,1-2H3,(H,16,17). The van der Waals surface area contributed by atoms with Gasteiger partial charge < -0.3 is 10.0 Å². The molecular weight excluding hydrogens is 318 g/mol. The van der Waals surface area contributed by atoms with Crippen LogP contribution in [-0.2, 0) is 4.79 Å². The third-order valence-corrected chi connectivity index (χ3v) is 5.09. The maximum atomic E-state index is 12.2. The number of hydrogen-bond donors (Lipinski definition) is 1. The lowest BCUT2D eigenvalue weighted by atomic mass is 9.87. The second kappa shape index (κ2) is 5.01. The van der Waals surface area contributed by atoms with Crippen LogP contribution in [0.5, 0.6) is 0 Å². The summed E-state index contributed by atoms with van der Waals surface area (Å²) in [6, 6.07) is 1.87. The molecule has 1 atom stereocenters. The summed E-state index contributed by atoms with van der Waals surface area (Å²) < 4.78 is 0.847. The lowest BCUT2D eigenvalue weighted by molar-refractivity contribution is -0.144. The Balaban J connectivity index is 1.98. The fourth-order valence-electron chi connectivity index (χ4n) is 2.00. The van der Waals surface area contributed by atoms with E-state index in [1.54, 1.807) is 11.8 Å². The first-order chi connectivity index (χ1) is 8.40. The van der Waals surface area contributed by atoms with Crippen LogP contribution in [0.2, 0.25) is 0 Å². The molecule has 0 radical (unpaired) electrons. The first kappa shape index (κ1) is 13.5. The number of rotatable bonds is 3. The molecule has 2 heterocycles. The first-order valence-corrected chi connectivity index (χ1v) is 7.29. The van der Waals surface area contributed by atoms with Crippen molar-refractivity contribution in [3.8, 4) is 0 Å². The zero-order chi connectivity index (χ0) is 13.4. The van der Waals surface area contributed by atoms with Gasteiger partial charge in [0.25, 0.3) is 5.91 Å². The number of carbonyl (C=O) groups excluding carboxylic acids is 1. The highest BCUT2D eigenvalue weighted by molar-refractivity contribution is 9.11. The van der Waals surface area contributed by atoms with Gasteiger partial charge in [-0.2, -0.15) is 0 Å². The van der Waals surface area contributed by atoms with Crippen molar-refractivity contribution in [2.24, 2.45) is 11.8 Å². The molecule has 18 heavy (non-hydrogen) atoms. The number of halogens is 1. The third kappa shape index (κ3) is 2.44. The molecule has 1 unspecified atom stereocenters. The van der Waals surface area contributed by atoms with Crippen LogP contribution in [0.25, 0.3) is 0 Å². The van der Waals surface area contributed by atoms with E-state index in [9.17, 15) is 9.59 Å². The number of amides is 1. The van der Waals surface area contributed by atoms with Crippen molar-refractivity contribution in [2.75, 3.05) is 13.1 Å². The predicted octanol–water partition coefficient (Wildman–Crippen LogP) is 2.61. The van der Waals surface area contributed by atoms with E-state index >= 15 is 0 Å². The summed E-state index contributed by atoms with van der Waals surface area (Å²) in [6.45, 7) is 4.72. The molecule has 1 saturated heterocycles. The van der Waals surface area contributed by atoms with Gasteiger partial charge in [-0.3, -0.25) is 9.59 Å². The molecule has 0 spiro atoms. The highest BCUT2D eigenvalue weighted by atomic mass is 79.9. The summed E-state index contributed by atoms with van der Waals surface area (Å²) in [7, 11) is 0. The Labute approximate surface area is 118 Å². The fourth-order valence-corrected chi connectivity index (χ4v) is 3.76. The largest absolute Gasteiger partial charge is 0.481 e. The molecule has 1 aliphatic heterocycles. The van der Waals surface area contributed by atoms with Gasteiger partial charge in [-0.1, -0.05) is 6.92 Å². The number of nitrogens with zero attached hydrogens (tertiary/aromatic N) is 1. The number of carboxylic acids is 1. The van der Waals surface area contributed by atoms with Crippen molar-refractivity contribution in [1.29, 1.82) is 0 Å². The van der Waals surface area contributed by atoms with E-state index in [4.69, 9.17) is 5.11 Å². The summed E-state index contributed by atoms with van der Waals surface area (Å²) in [5.41, 5.74) is 0.680. The van der Waals surface area contributed by atoms with Crippen LogP contribution in [0.15, 0.2) is 9.85 Å². The van der Waals surface area contributed by atoms with Crippen molar-refractivity contribution in [2.45, 2.75) is 13.8 Å². The van der Waals surface area contributed by atoms with Crippen LogP contribution in [-0.4, -0.2) is 35.0 Å². The van der Waals surface area contributed by atoms with E-state index in [1.165, 1.54) is 11.3 Å².